The number of sulfonamides is 1. The van der Waals surface area contributed by atoms with E-state index in [-0.39, 0.29) is 87.9 Å². The molecule has 548 valence electrons. The lowest BCUT2D eigenvalue weighted by Crippen LogP contribution is -2.60. The molecule has 3 aliphatic rings. The third-order valence-electron chi connectivity index (χ3n) is 18.5. The Bertz CT molecular complexity index is 3850. The normalized spacial score (nSPS) is 17.3. The third-order valence-corrected chi connectivity index (χ3v) is 20.1. The summed E-state index contributed by atoms with van der Waals surface area (Å²) in [4.78, 5) is 143. The lowest BCUT2D eigenvalue weighted by atomic mass is 9.94. The Kier molecular flexibility index (Phi) is 28.4. The minimum atomic E-state index is -4.25. The number of amides is 9. The van der Waals surface area contributed by atoms with E-state index in [1.807, 2.05) is 45.0 Å². The first-order chi connectivity index (χ1) is 48.0. The van der Waals surface area contributed by atoms with Crippen molar-refractivity contribution < 1.29 is 56.3 Å². The minimum absolute atomic E-state index is 0.0314. The second kappa shape index (κ2) is 36.5. The van der Waals surface area contributed by atoms with Gasteiger partial charge in [-0.2, -0.15) is 0 Å². The maximum absolute atomic E-state index is 15.1. The molecule has 2 saturated heterocycles. The van der Waals surface area contributed by atoms with E-state index in [0.29, 0.717) is 97.9 Å². The molecule has 101 heavy (non-hydrogen) atoms. The highest BCUT2D eigenvalue weighted by Crippen LogP contribution is 2.44. The summed E-state index contributed by atoms with van der Waals surface area (Å²) in [5.74, 6) is -5.46. The first kappa shape index (κ1) is 78.5. The van der Waals surface area contributed by atoms with Crippen molar-refractivity contribution in [2.24, 2.45) is 27.2 Å². The van der Waals surface area contributed by atoms with Gasteiger partial charge >= 0.3 is 0 Å². The van der Waals surface area contributed by atoms with Gasteiger partial charge in [0, 0.05) is 81.6 Å². The Morgan fingerprint density at radius 1 is 0.663 bits per heavy atom. The monoisotopic (exact) mass is 1410 g/mol. The van der Waals surface area contributed by atoms with E-state index < -0.39 is 117 Å². The van der Waals surface area contributed by atoms with Crippen molar-refractivity contribution in [2.45, 2.75) is 210 Å². The number of allylic oxidation sites excluding steroid dienone is 2. The molecule has 3 aromatic carbocycles. The molecule has 0 radical (unpaired) electrons. The van der Waals surface area contributed by atoms with Crippen LogP contribution in [0.4, 0.5) is 0 Å². The zero-order valence-electron chi connectivity index (χ0n) is 59.1. The van der Waals surface area contributed by atoms with Gasteiger partial charge in [-0.15, -0.1) is 13.2 Å². The van der Waals surface area contributed by atoms with Crippen molar-refractivity contribution in [3.63, 3.8) is 0 Å². The van der Waals surface area contributed by atoms with Crippen molar-refractivity contribution in [2.75, 3.05) is 32.7 Å². The number of carbonyl (C=O) groups is 9. The van der Waals surface area contributed by atoms with Gasteiger partial charge < -0.3 is 73.9 Å². The number of aromatic nitrogens is 1. The molecular formula is C72H102N16O12S. The number of likely N-dealkylation sites (tertiary alicyclic amines) is 2. The van der Waals surface area contributed by atoms with Crippen LogP contribution in [-0.2, 0) is 72.4 Å². The number of nitrogens with zero attached hydrogens (tertiary/aromatic N) is 4. The molecule has 28 nitrogen and oxygen atoms in total. The lowest BCUT2D eigenvalue weighted by Gasteiger charge is -2.31. The molecule has 29 heteroatoms. The largest absolute Gasteiger partial charge is 0.487 e. The standard InChI is InChI=1S/C72H102N16O12S/c1-10-12-15-29-54(82-65(93)56(40-49-42-79-52-28-19-18-27-50(49)52)84-63(91)53(81-47(7)89)30-21-35-77-70(73)74)64(92)85-57(39-48-25-16-14-17-26-48)69(97)88-38-24-33-59(88)67(95)80-46(6)62(90)83-55(68(96)87-37-23-32-58(87)66(94)76-34-20-13-11-2)31-22-36-78-71(75)86-101(98,99)61-44(4)43(3)60-51(45(61)5)41-72(8,9)100-60/h10-11,14,16-19,25-28,42,46,53-59,79H,1-2,12-13,15,20-24,29-41H2,3-9H3,(H,76,94)(H,80,95)(H,81,89)(H,82,93)(H,83,90)(H,84,91)(H,85,92)(H4,73,74,77)(H3,75,78,86)/t46-,53-,54-,55-,56-,57-,58-,59-/m0/s1. The summed E-state index contributed by atoms with van der Waals surface area (Å²) in [5, 5.41) is 20.5. The van der Waals surface area contributed by atoms with E-state index >= 15 is 4.79 Å². The van der Waals surface area contributed by atoms with Crippen LogP contribution < -0.4 is 63.9 Å². The maximum atomic E-state index is 15.1. The second-order valence-electron chi connectivity index (χ2n) is 26.8. The molecule has 9 amide bonds. The van der Waals surface area contributed by atoms with Gasteiger partial charge in [0.2, 0.25) is 59.1 Å². The zero-order valence-corrected chi connectivity index (χ0v) is 60.0. The predicted octanol–water partition coefficient (Wildman–Crippen LogP) is 3.09. The highest BCUT2D eigenvalue weighted by molar-refractivity contribution is 7.90. The van der Waals surface area contributed by atoms with Gasteiger partial charge in [0.05, 0.1) is 4.90 Å². The SMILES string of the molecule is C=CCCCNC(=O)[C@@H]1CCCN1C(=O)[C@H](CCCN=C(N)NS(=O)(=O)c1c(C)c(C)c2c(c1C)CC(C)(C)O2)NC(=O)[C@H](C)NC(=O)[C@@H]1CCCN1C(=O)[C@H](Cc1ccccc1)NC(=O)[C@H](CCCC=C)NC(=O)[C@H](Cc1c[nH]c2ccccc12)NC(=O)[C@H](CCCN=C(N)N)NC(C)=O. The Labute approximate surface area is 591 Å². The number of hydrogen-bond donors (Lipinski definition) is 12. The van der Waals surface area contributed by atoms with Crippen LogP contribution in [-0.4, -0.2) is 175 Å². The molecule has 3 aliphatic heterocycles. The Morgan fingerprint density at radius 2 is 1.22 bits per heavy atom. The number of benzene rings is 3. The number of rotatable bonds is 36. The van der Waals surface area contributed by atoms with Crippen LogP contribution in [0.15, 0.2) is 101 Å². The Balaban J connectivity index is 1.07. The van der Waals surface area contributed by atoms with Gasteiger partial charge in [-0.25, -0.2) is 13.1 Å². The van der Waals surface area contributed by atoms with Crippen molar-refractivity contribution >= 4 is 86.0 Å². The van der Waals surface area contributed by atoms with E-state index in [4.69, 9.17) is 21.9 Å². The van der Waals surface area contributed by atoms with Crippen LogP contribution in [0.5, 0.6) is 5.75 Å². The van der Waals surface area contributed by atoms with Gasteiger partial charge in [0.1, 0.15) is 59.7 Å². The number of carbonyl (C=O) groups excluding carboxylic acids is 9. The predicted molar refractivity (Wildman–Crippen MR) is 386 cm³/mol. The van der Waals surface area contributed by atoms with Crippen molar-refractivity contribution in [1.29, 1.82) is 0 Å². The summed E-state index contributed by atoms with van der Waals surface area (Å²) in [6.45, 7) is 20.1. The minimum Gasteiger partial charge on any atom is -0.487 e. The molecule has 0 bridgehead atoms. The number of hydrogen-bond acceptors (Lipinski definition) is 14. The number of nitrogens with two attached hydrogens (primary N) is 3. The van der Waals surface area contributed by atoms with Gasteiger partial charge in [0.25, 0.3) is 10.0 Å². The fourth-order valence-electron chi connectivity index (χ4n) is 13.2. The third kappa shape index (κ3) is 21.6. The molecule has 0 aliphatic carbocycles. The molecule has 1 aromatic heterocycles. The molecule has 8 atom stereocenters. The summed E-state index contributed by atoms with van der Waals surface area (Å²) in [6.07, 6.45) is 9.73. The van der Waals surface area contributed by atoms with Crippen molar-refractivity contribution in [3.8, 4) is 5.75 Å². The van der Waals surface area contributed by atoms with Crippen LogP contribution >= 0.6 is 0 Å². The van der Waals surface area contributed by atoms with E-state index in [1.165, 1.54) is 23.6 Å². The molecule has 0 saturated carbocycles. The molecule has 7 rings (SSSR count). The van der Waals surface area contributed by atoms with Gasteiger partial charge in [0.15, 0.2) is 5.96 Å². The van der Waals surface area contributed by atoms with Crippen LogP contribution in [0.1, 0.15) is 145 Å². The number of ether oxygens (including phenoxy) is 1. The van der Waals surface area contributed by atoms with Crippen LogP contribution in [0.3, 0.4) is 0 Å². The quantitative estimate of drug-likeness (QED) is 0.0135. The zero-order chi connectivity index (χ0) is 73.7. The first-order valence-corrected chi connectivity index (χ1v) is 36.2. The molecule has 4 heterocycles. The number of para-hydroxylation sites is 1. The van der Waals surface area contributed by atoms with E-state index in [1.54, 1.807) is 62.5 Å². The van der Waals surface area contributed by atoms with Gasteiger partial charge in [-0.3, -0.25) is 53.1 Å². The number of guanidine groups is 2. The molecule has 4 aromatic rings. The van der Waals surface area contributed by atoms with Crippen molar-refractivity contribution in [3.05, 3.63) is 119 Å². The van der Waals surface area contributed by atoms with Crippen LogP contribution in [0, 0.1) is 20.8 Å². The molecule has 0 spiro atoms. The molecular weight excluding hydrogens is 1310 g/mol. The second-order valence-corrected chi connectivity index (χ2v) is 28.4. The number of H-pyrrole nitrogens is 1. The highest BCUT2D eigenvalue weighted by atomic mass is 32.2. The number of aliphatic imine (C=N–C) groups is 2. The summed E-state index contributed by atoms with van der Waals surface area (Å²) in [6, 6.07) is 6.86. The van der Waals surface area contributed by atoms with Gasteiger partial charge in [-0.1, -0.05) is 60.7 Å². The number of nitrogens with one attached hydrogen (secondary N) is 9. The van der Waals surface area contributed by atoms with Gasteiger partial charge in [-0.05, 0) is 159 Å². The lowest BCUT2D eigenvalue weighted by molar-refractivity contribution is -0.143. The Morgan fingerprint density at radius 3 is 1.87 bits per heavy atom. The highest BCUT2D eigenvalue weighted by Gasteiger charge is 2.42. The number of aromatic amines is 1. The average molecular weight is 1420 g/mol. The molecule has 2 fully saturated rings. The summed E-state index contributed by atoms with van der Waals surface area (Å²) in [5.41, 5.74) is 21.4. The summed E-state index contributed by atoms with van der Waals surface area (Å²) >= 11 is 0. The smallest absolute Gasteiger partial charge is 0.264 e. The van der Waals surface area contributed by atoms with Crippen LogP contribution in [0.25, 0.3) is 10.9 Å². The van der Waals surface area contributed by atoms with E-state index in [2.05, 4.69) is 70.1 Å². The summed E-state index contributed by atoms with van der Waals surface area (Å²) in [7, 11) is -4.25. The Hall–Kier alpha value is -9.80. The van der Waals surface area contributed by atoms with Crippen molar-refractivity contribution in [1.82, 2.24) is 56.7 Å². The van der Waals surface area contributed by atoms with E-state index in [9.17, 15) is 46.8 Å². The molecule has 15 N–H and O–H groups in total. The maximum Gasteiger partial charge on any atom is 0.264 e. The van der Waals surface area contributed by atoms with Crippen LogP contribution in [0.2, 0.25) is 0 Å². The number of unbranched alkanes of at least 4 members (excludes halogenated alkanes) is 2. The van der Waals surface area contributed by atoms with E-state index in [0.717, 1.165) is 16.5 Å². The fraction of sp³-hybridized carbons (Fsp3) is 0.514. The molecule has 0 unspecified atom stereocenters. The first-order valence-electron chi connectivity index (χ1n) is 34.7. The fourth-order valence-corrected chi connectivity index (χ4v) is 14.7. The topological polar surface area (TPSA) is 418 Å². The number of fused-ring (bicyclic) bond motifs is 2. The summed E-state index contributed by atoms with van der Waals surface area (Å²) < 4.78 is 36.6. The average Bonchev–Trinajstić information content (AvgIpc) is 1.66.